The first-order chi connectivity index (χ1) is 9.82. The van der Waals surface area contributed by atoms with Gasteiger partial charge in [0.05, 0.1) is 0 Å². The number of rotatable bonds is 6. The van der Waals surface area contributed by atoms with Crippen LogP contribution in [-0.2, 0) is 20.8 Å². The van der Waals surface area contributed by atoms with Crippen molar-refractivity contribution in [2.24, 2.45) is 0 Å². The van der Waals surface area contributed by atoms with Gasteiger partial charge in [-0.05, 0) is 12.5 Å². The largest absolute Gasteiger partial charge is 0.480 e. The van der Waals surface area contributed by atoms with Crippen LogP contribution in [0.2, 0.25) is 1.41 Å². The van der Waals surface area contributed by atoms with E-state index in [1.165, 1.54) is 13.8 Å². The number of carboxylic acids is 1. The van der Waals surface area contributed by atoms with Crippen LogP contribution in [0.5, 0.6) is 0 Å². The molecule has 0 bridgehead atoms. The third-order valence-electron chi connectivity index (χ3n) is 2.64. The van der Waals surface area contributed by atoms with Crippen LogP contribution in [0, 0.1) is 0 Å². The highest BCUT2D eigenvalue weighted by Crippen LogP contribution is 2.04. The van der Waals surface area contributed by atoms with Crippen molar-refractivity contribution < 1.29 is 20.9 Å². The summed E-state index contributed by atoms with van der Waals surface area (Å²) >= 11 is 0. The summed E-state index contributed by atoms with van der Waals surface area (Å²) in [4.78, 5) is 34.2. The van der Waals surface area contributed by atoms with Crippen molar-refractivity contribution in [3.05, 3.63) is 35.9 Å². The third-order valence-corrected chi connectivity index (χ3v) is 2.64. The number of amides is 2. The van der Waals surface area contributed by atoms with Crippen molar-refractivity contribution >= 4 is 17.8 Å². The average Bonchev–Trinajstić information content (AvgIpc) is 2.44. The fraction of sp³-hybridized carbons (Fsp3) is 0.357. The Morgan fingerprint density at radius 1 is 1.30 bits per heavy atom. The van der Waals surface area contributed by atoms with Gasteiger partial charge in [-0.3, -0.25) is 14.4 Å². The predicted molar refractivity (Wildman–Crippen MR) is 73.0 cm³/mol. The Morgan fingerprint density at radius 2 is 1.90 bits per heavy atom. The number of nitrogens with one attached hydrogen (secondary N) is 2. The molecule has 0 spiro atoms. The lowest BCUT2D eigenvalue weighted by Crippen LogP contribution is -2.51. The number of benzene rings is 1. The summed E-state index contributed by atoms with van der Waals surface area (Å²) < 4.78 is 7.69. The highest BCUT2D eigenvalue weighted by atomic mass is 16.4. The lowest BCUT2D eigenvalue weighted by Gasteiger charge is -2.19. The Labute approximate surface area is 118 Å². The molecule has 0 saturated carbocycles. The second-order valence-corrected chi connectivity index (χ2v) is 4.42. The van der Waals surface area contributed by atoms with Gasteiger partial charge in [-0.2, -0.15) is 0 Å². The van der Waals surface area contributed by atoms with Crippen LogP contribution >= 0.6 is 0 Å². The minimum Gasteiger partial charge on any atom is -0.480 e. The molecule has 6 nitrogen and oxygen atoms in total. The SMILES string of the molecule is [2H]N(C(C)=O)[C@@H](Cc1ccccc1)C(=O)N[C@@H](C)C(=O)O. The minimum atomic E-state index is -1.18. The van der Waals surface area contributed by atoms with Gasteiger partial charge < -0.3 is 15.7 Å². The van der Waals surface area contributed by atoms with E-state index in [1.807, 2.05) is 6.07 Å². The molecule has 3 N–H and O–H groups in total. The smallest absolute Gasteiger partial charge is 0.325 e. The summed E-state index contributed by atoms with van der Waals surface area (Å²) in [7, 11) is 0. The maximum absolute atomic E-state index is 12.1. The Morgan fingerprint density at radius 3 is 2.40 bits per heavy atom. The van der Waals surface area contributed by atoms with Crippen molar-refractivity contribution in [2.75, 3.05) is 0 Å². The van der Waals surface area contributed by atoms with Gasteiger partial charge in [-0.15, -0.1) is 0 Å². The predicted octanol–water partition coefficient (Wildman–Crippen LogP) is 0.323. The first-order valence-corrected chi connectivity index (χ1v) is 6.18. The van der Waals surface area contributed by atoms with Crippen LogP contribution < -0.4 is 10.6 Å². The van der Waals surface area contributed by atoms with E-state index in [9.17, 15) is 14.4 Å². The van der Waals surface area contributed by atoms with E-state index in [-0.39, 0.29) is 6.42 Å². The zero-order valence-corrected chi connectivity index (χ0v) is 11.4. The van der Waals surface area contributed by atoms with E-state index >= 15 is 0 Å². The fourth-order valence-electron chi connectivity index (χ4n) is 1.63. The standard InChI is InChI=1S/C14H18N2O4/c1-9(14(19)20)15-13(18)12(16-10(2)17)8-11-6-4-3-5-7-11/h3-7,9,12H,8H2,1-2H3,(H,15,18)(H,16,17)(H,19,20)/t9-,12-/m0/s1/i/hD. The molecule has 2 amide bonds. The molecule has 0 unspecified atom stereocenters. The van der Waals surface area contributed by atoms with Crippen LogP contribution in [0.1, 0.15) is 19.4 Å². The normalized spacial score (nSPS) is 13.8. The molecule has 1 aromatic carbocycles. The van der Waals surface area contributed by atoms with Crippen molar-refractivity contribution in [2.45, 2.75) is 32.4 Å². The van der Waals surface area contributed by atoms with Crippen molar-refractivity contribution in [3.8, 4) is 0 Å². The Kier molecular flexibility index (Phi) is 5.11. The molecule has 108 valence electrons. The van der Waals surface area contributed by atoms with E-state index in [0.29, 0.717) is 5.31 Å². The number of carbonyl (C=O) groups is 3. The van der Waals surface area contributed by atoms with Gasteiger partial charge in [-0.1, -0.05) is 30.3 Å². The number of carboxylic acid groups (broad SMARTS) is 1. The topological polar surface area (TPSA) is 95.5 Å². The van der Waals surface area contributed by atoms with Gasteiger partial charge in [0.1, 0.15) is 12.1 Å². The third kappa shape index (κ3) is 5.09. The van der Waals surface area contributed by atoms with E-state index in [4.69, 9.17) is 6.52 Å². The van der Waals surface area contributed by atoms with Gasteiger partial charge in [0.2, 0.25) is 11.8 Å². The maximum atomic E-state index is 12.1. The van der Waals surface area contributed by atoms with Gasteiger partial charge >= 0.3 is 5.97 Å². The van der Waals surface area contributed by atoms with E-state index in [2.05, 4.69) is 5.32 Å². The summed E-state index contributed by atoms with van der Waals surface area (Å²) in [5.74, 6) is -2.44. The van der Waals surface area contributed by atoms with Crippen LogP contribution in [-0.4, -0.2) is 35.0 Å². The lowest BCUT2D eigenvalue weighted by atomic mass is 10.0. The average molecular weight is 279 g/mol. The fourth-order valence-corrected chi connectivity index (χ4v) is 1.63. The van der Waals surface area contributed by atoms with E-state index < -0.39 is 29.9 Å². The van der Waals surface area contributed by atoms with Gasteiger partial charge in [-0.25, -0.2) is 0 Å². The van der Waals surface area contributed by atoms with Gasteiger partial charge in [0, 0.05) is 13.3 Å². The van der Waals surface area contributed by atoms with Crippen LogP contribution in [0.15, 0.2) is 30.3 Å². The zero-order valence-electron chi connectivity index (χ0n) is 12.4. The van der Waals surface area contributed by atoms with Gasteiger partial charge in [0.25, 0.3) is 0 Å². The van der Waals surface area contributed by atoms with E-state index in [0.717, 1.165) is 5.56 Å². The molecule has 6 heteroatoms. The molecule has 1 aromatic rings. The maximum Gasteiger partial charge on any atom is 0.325 e. The summed E-state index contributed by atoms with van der Waals surface area (Å²) in [6.45, 7) is 2.50. The number of hydrogen-bond acceptors (Lipinski definition) is 3. The highest BCUT2D eigenvalue weighted by molar-refractivity contribution is 5.90. The summed E-state index contributed by atoms with van der Waals surface area (Å²) in [6.07, 6.45) is 0.141. The first-order valence-electron chi connectivity index (χ1n) is 6.63. The molecule has 0 aliphatic heterocycles. The molecule has 0 heterocycles. The molecule has 0 saturated heterocycles. The Balaban J connectivity index is 2.89. The minimum absolute atomic E-state index is 0.141. The lowest BCUT2D eigenvalue weighted by molar-refractivity contribution is -0.141. The second kappa shape index (κ2) is 7.28. The number of aliphatic carboxylic acids is 1. The highest BCUT2D eigenvalue weighted by Gasteiger charge is 2.23. The summed E-state index contributed by atoms with van der Waals surface area (Å²) in [5.41, 5.74) is 0.777. The van der Waals surface area contributed by atoms with E-state index in [1.54, 1.807) is 24.3 Å². The second-order valence-electron chi connectivity index (χ2n) is 4.42. The molecule has 20 heavy (non-hydrogen) atoms. The Bertz CT molecular complexity index is 521. The Hall–Kier alpha value is -2.37. The quantitative estimate of drug-likeness (QED) is 0.699. The van der Waals surface area contributed by atoms with Crippen molar-refractivity contribution in [3.63, 3.8) is 0 Å². The van der Waals surface area contributed by atoms with Crippen molar-refractivity contribution in [1.29, 1.82) is 0 Å². The molecule has 1 rings (SSSR count). The molecular formula is C14H18N2O4. The molecule has 2 atom stereocenters. The molecule has 0 radical (unpaired) electrons. The zero-order chi connectivity index (χ0) is 16.0. The molecule has 0 aromatic heterocycles. The molecule has 0 aliphatic carbocycles. The molecule has 0 fully saturated rings. The van der Waals surface area contributed by atoms with Gasteiger partial charge in [0.15, 0.2) is 1.41 Å². The first kappa shape index (κ1) is 14.0. The number of hydrogen-bond donors (Lipinski definition) is 3. The monoisotopic (exact) mass is 279 g/mol. The van der Waals surface area contributed by atoms with Crippen LogP contribution in [0.3, 0.4) is 0 Å². The molecule has 0 aliphatic rings. The summed E-state index contributed by atoms with van der Waals surface area (Å²) in [5, 5.41) is 11.7. The molecular weight excluding hydrogens is 260 g/mol. The van der Waals surface area contributed by atoms with Crippen LogP contribution in [0.4, 0.5) is 0 Å². The number of carbonyl (C=O) groups excluding carboxylic acids is 2. The summed E-state index contributed by atoms with van der Waals surface area (Å²) in [6, 6.07) is 6.76. The van der Waals surface area contributed by atoms with Crippen molar-refractivity contribution in [1.82, 2.24) is 10.6 Å². The van der Waals surface area contributed by atoms with Crippen LogP contribution in [0.25, 0.3) is 0 Å².